The van der Waals surface area contributed by atoms with Crippen LogP contribution in [0.5, 0.6) is 0 Å². The minimum atomic E-state index is -0.856. The molecule has 0 aliphatic carbocycles. The molecule has 0 unspecified atom stereocenters. The zero-order chi connectivity index (χ0) is 13.2. The van der Waals surface area contributed by atoms with Gasteiger partial charge >= 0.3 is 5.97 Å². The first kappa shape index (κ1) is 13.5. The minimum absolute atomic E-state index is 0.0193. The van der Waals surface area contributed by atoms with Crippen LogP contribution in [-0.2, 0) is 10.2 Å². The number of carbonyl (C=O) groups is 1. The third-order valence-electron chi connectivity index (χ3n) is 2.80. The zero-order valence-electron chi connectivity index (χ0n) is 10.6. The molecule has 1 aromatic carbocycles. The van der Waals surface area contributed by atoms with Gasteiger partial charge in [-0.05, 0) is 17.7 Å². The SMILES string of the molecule is CN(C)c1cc(C(C)(C)CC(=O)O)ccc1F. The number of hydrogen-bond acceptors (Lipinski definition) is 2. The highest BCUT2D eigenvalue weighted by Crippen LogP contribution is 2.30. The van der Waals surface area contributed by atoms with Crippen LogP contribution in [0.15, 0.2) is 18.2 Å². The molecule has 0 fully saturated rings. The lowest BCUT2D eigenvalue weighted by atomic mass is 9.81. The molecule has 0 aliphatic heterocycles. The van der Waals surface area contributed by atoms with Gasteiger partial charge in [0, 0.05) is 19.5 Å². The number of carboxylic acid groups (broad SMARTS) is 1. The molecule has 0 heterocycles. The average Bonchev–Trinajstić information content (AvgIpc) is 2.15. The van der Waals surface area contributed by atoms with E-state index in [2.05, 4.69) is 0 Å². The lowest BCUT2D eigenvalue weighted by molar-refractivity contribution is -0.138. The summed E-state index contributed by atoms with van der Waals surface area (Å²) in [4.78, 5) is 12.5. The summed E-state index contributed by atoms with van der Waals surface area (Å²) in [6, 6.07) is 4.73. The van der Waals surface area contributed by atoms with Crippen molar-refractivity contribution in [2.45, 2.75) is 25.7 Å². The van der Waals surface area contributed by atoms with E-state index in [1.165, 1.54) is 6.07 Å². The molecule has 94 valence electrons. The van der Waals surface area contributed by atoms with Crippen molar-refractivity contribution in [2.24, 2.45) is 0 Å². The number of benzene rings is 1. The summed E-state index contributed by atoms with van der Waals surface area (Å²) in [6.07, 6.45) is 0.0193. The van der Waals surface area contributed by atoms with E-state index in [1.54, 1.807) is 31.1 Å². The van der Waals surface area contributed by atoms with Crippen LogP contribution >= 0.6 is 0 Å². The van der Waals surface area contributed by atoms with Crippen molar-refractivity contribution in [3.05, 3.63) is 29.6 Å². The molecule has 0 aromatic heterocycles. The van der Waals surface area contributed by atoms with E-state index < -0.39 is 11.4 Å². The van der Waals surface area contributed by atoms with E-state index in [4.69, 9.17) is 5.11 Å². The van der Waals surface area contributed by atoms with Gasteiger partial charge in [0.15, 0.2) is 0 Å². The number of carboxylic acids is 1. The highest BCUT2D eigenvalue weighted by Gasteiger charge is 2.25. The maximum absolute atomic E-state index is 13.5. The number of nitrogens with zero attached hydrogens (tertiary/aromatic N) is 1. The molecule has 1 aromatic rings. The summed E-state index contributed by atoms with van der Waals surface area (Å²) in [7, 11) is 3.51. The quantitative estimate of drug-likeness (QED) is 0.878. The predicted molar refractivity (Wildman–Crippen MR) is 66.0 cm³/mol. The van der Waals surface area contributed by atoms with Crippen molar-refractivity contribution in [3.8, 4) is 0 Å². The molecule has 0 aliphatic rings. The number of hydrogen-bond donors (Lipinski definition) is 1. The van der Waals surface area contributed by atoms with Gasteiger partial charge in [0.25, 0.3) is 0 Å². The molecule has 3 nitrogen and oxygen atoms in total. The first-order chi connectivity index (χ1) is 7.74. The Kier molecular flexibility index (Phi) is 3.76. The predicted octanol–water partition coefficient (Wildman–Crippen LogP) is 2.64. The number of anilines is 1. The third-order valence-corrected chi connectivity index (χ3v) is 2.80. The van der Waals surface area contributed by atoms with Crippen LogP contribution in [0.25, 0.3) is 0 Å². The molecule has 4 heteroatoms. The minimum Gasteiger partial charge on any atom is -0.481 e. The average molecular weight is 239 g/mol. The van der Waals surface area contributed by atoms with E-state index in [-0.39, 0.29) is 12.2 Å². The van der Waals surface area contributed by atoms with Crippen molar-refractivity contribution in [1.29, 1.82) is 0 Å². The molecule has 1 N–H and O–H groups in total. The standard InChI is InChI=1S/C13H18FNO2/c1-13(2,8-12(16)17)9-5-6-10(14)11(7-9)15(3)4/h5-7H,8H2,1-4H3,(H,16,17). The normalized spacial score (nSPS) is 11.4. The molecule has 0 saturated heterocycles. The monoisotopic (exact) mass is 239 g/mol. The topological polar surface area (TPSA) is 40.5 Å². The summed E-state index contributed by atoms with van der Waals surface area (Å²) < 4.78 is 13.5. The maximum atomic E-state index is 13.5. The van der Waals surface area contributed by atoms with Crippen LogP contribution in [0.4, 0.5) is 10.1 Å². The van der Waals surface area contributed by atoms with Crippen LogP contribution < -0.4 is 4.90 Å². The highest BCUT2D eigenvalue weighted by molar-refractivity contribution is 5.69. The number of rotatable bonds is 4. The summed E-state index contributed by atoms with van der Waals surface area (Å²) in [5, 5.41) is 8.86. The fraction of sp³-hybridized carbons (Fsp3) is 0.462. The Morgan fingerprint density at radius 2 is 2.00 bits per heavy atom. The maximum Gasteiger partial charge on any atom is 0.304 e. The molecular weight excluding hydrogens is 221 g/mol. The lowest BCUT2D eigenvalue weighted by Gasteiger charge is -2.25. The molecular formula is C13H18FNO2. The molecule has 0 bridgehead atoms. The van der Waals surface area contributed by atoms with Crippen molar-refractivity contribution in [2.75, 3.05) is 19.0 Å². The first-order valence-electron chi connectivity index (χ1n) is 5.43. The van der Waals surface area contributed by atoms with Gasteiger partial charge < -0.3 is 10.0 Å². The molecule has 1 rings (SSSR count). The second-order valence-electron chi connectivity index (χ2n) is 5.02. The van der Waals surface area contributed by atoms with E-state index in [9.17, 15) is 9.18 Å². The molecule has 0 radical (unpaired) electrons. The molecule has 0 atom stereocenters. The van der Waals surface area contributed by atoms with Gasteiger partial charge in [-0.15, -0.1) is 0 Å². The molecule has 0 saturated carbocycles. The Bertz CT molecular complexity index is 427. The van der Waals surface area contributed by atoms with E-state index in [0.717, 1.165) is 5.56 Å². The van der Waals surface area contributed by atoms with Crippen molar-refractivity contribution in [1.82, 2.24) is 0 Å². The zero-order valence-corrected chi connectivity index (χ0v) is 10.6. The first-order valence-corrected chi connectivity index (χ1v) is 5.43. The van der Waals surface area contributed by atoms with E-state index in [0.29, 0.717) is 5.69 Å². The Morgan fingerprint density at radius 3 is 2.47 bits per heavy atom. The lowest BCUT2D eigenvalue weighted by Crippen LogP contribution is -2.22. The fourth-order valence-electron chi connectivity index (χ4n) is 1.76. The molecule has 0 amide bonds. The van der Waals surface area contributed by atoms with Gasteiger partial charge in [-0.25, -0.2) is 4.39 Å². The van der Waals surface area contributed by atoms with Crippen LogP contribution in [0.3, 0.4) is 0 Å². The van der Waals surface area contributed by atoms with Crippen LogP contribution in [-0.4, -0.2) is 25.2 Å². The fourth-order valence-corrected chi connectivity index (χ4v) is 1.76. The summed E-state index contributed by atoms with van der Waals surface area (Å²) in [5.74, 6) is -1.16. The van der Waals surface area contributed by atoms with Gasteiger partial charge in [-0.2, -0.15) is 0 Å². The summed E-state index contributed by atoms with van der Waals surface area (Å²) >= 11 is 0. The van der Waals surface area contributed by atoms with E-state index >= 15 is 0 Å². The van der Waals surface area contributed by atoms with Gasteiger partial charge in [-0.1, -0.05) is 19.9 Å². The van der Waals surface area contributed by atoms with Crippen LogP contribution in [0.2, 0.25) is 0 Å². The van der Waals surface area contributed by atoms with Crippen LogP contribution in [0.1, 0.15) is 25.8 Å². The number of aliphatic carboxylic acids is 1. The second kappa shape index (κ2) is 4.73. The van der Waals surface area contributed by atoms with E-state index in [1.807, 2.05) is 13.8 Å². The van der Waals surface area contributed by atoms with Gasteiger partial charge in [0.1, 0.15) is 5.82 Å². The third kappa shape index (κ3) is 3.19. The Balaban J connectivity index is 3.15. The Labute approximate surface area is 101 Å². The Morgan fingerprint density at radius 1 is 1.41 bits per heavy atom. The van der Waals surface area contributed by atoms with Crippen molar-refractivity contribution >= 4 is 11.7 Å². The van der Waals surface area contributed by atoms with Crippen molar-refractivity contribution in [3.63, 3.8) is 0 Å². The van der Waals surface area contributed by atoms with Gasteiger partial charge in [0.2, 0.25) is 0 Å². The van der Waals surface area contributed by atoms with Crippen LogP contribution in [0, 0.1) is 5.82 Å². The summed E-state index contributed by atoms with van der Waals surface area (Å²) in [6.45, 7) is 3.68. The second-order valence-corrected chi connectivity index (χ2v) is 5.02. The Hall–Kier alpha value is -1.58. The molecule has 0 spiro atoms. The number of halogens is 1. The smallest absolute Gasteiger partial charge is 0.304 e. The van der Waals surface area contributed by atoms with Gasteiger partial charge in [-0.3, -0.25) is 4.79 Å². The molecule has 17 heavy (non-hydrogen) atoms. The largest absolute Gasteiger partial charge is 0.481 e. The van der Waals surface area contributed by atoms with Crippen molar-refractivity contribution < 1.29 is 14.3 Å². The van der Waals surface area contributed by atoms with Gasteiger partial charge in [0.05, 0.1) is 12.1 Å². The highest BCUT2D eigenvalue weighted by atomic mass is 19.1. The summed E-state index contributed by atoms with van der Waals surface area (Å²) in [5.41, 5.74) is 0.788.